The molecule has 0 aliphatic carbocycles. The number of hydrogen-bond donors (Lipinski definition) is 2. The van der Waals surface area contributed by atoms with E-state index in [1.807, 2.05) is 26.8 Å². The molecule has 0 radical (unpaired) electrons. The molecule has 1 amide bonds. The van der Waals surface area contributed by atoms with E-state index in [0.29, 0.717) is 23.8 Å². The Bertz CT molecular complexity index is 524. The summed E-state index contributed by atoms with van der Waals surface area (Å²) in [6.45, 7) is 6.07. The van der Waals surface area contributed by atoms with Gasteiger partial charge in [0.25, 0.3) is 0 Å². The highest BCUT2D eigenvalue weighted by Gasteiger charge is 2.27. The van der Waals surface area contributed by atoms with E-state index in [1.54, 1.807) is 20.3 Å². The fourth-order valence-electron chi connectivity index (χ4n) is 1.99. The van der Waals surface area contributed by atoms with Crippen LogP contribution in [0.15, 0.2) is 12.1 Å². The topological polar surface area (TPSA) is 82.8 Å². The zero-order valence-electron chi connectivity index (χ0n) is 14.1. The third-order valence-electron chi connectivity index (χ3n) is 3.45. The highest BCUT2D eigenvalue weighted by molar-refractivity contribution is 5.82. The number of methoxy groups -OCH3 is 3. The van der Waals surface area contributed by atoms with Gasteiger partial charge >= 0.3 is 0 Å². The van der Waals surface area contributed by atoms with Crippen molar-refractivity contribution in [2.24, 2.45) is 11.1 Å². The van der Waals surface area contributed by atoms with Crippen LogP contribution in [0.4, 0.5) is 0 Å². The third kappa shape index (κ3) is 4.04. The van der Waals surface area contributed by atoms with Crippen LogP contribution in [0.1, 0.15) is 26.3 Å². The second-order valence-electron chi connectivity index (χ2n) is 6.05. The van der Waals surface area contributed by atoms with E-state index in [1.165, 1.54) is 7.11 Å². The van der Waals surface area contributed by atoms with Crippen molar-refractivity contribution in [1.29, 1.82) is 0 Å². The summed E-state index contributed by atoms with van der Waals surface area (Å²) in [5.41, 5.74) is 6.43. The highest BCUT2D eigenvalue weighted by Crippen LogP contribution is 2.39. The van der Waals surface area contributed by atoms with Crippen molar-refractivity contribution in [1.82, 2.24) is 5.32 Å². The summed E-state index contributed by atoms with van der Waals surface area (Å²) in [6.07, 6.45) is 0. The van der Waals surface area contributed by atoms with Crippen molar-refractivity contribution in [3.8, 4) is 17.2 Å². The summed E-state index contributed by atoms with van der Waals surface area (Å²) in [4.78, 5) is 12.1. The summed E-state index contributed by atoms with van der Waals surface area (Å²) in [7, 11) is 4.64. The van der Waals surface area contributed by atoms with Crippen molar-refractivity contribution >= 4 is 5.91 Å². The molecule has 0 aliphatic heterocycles. The Morgan fingerprint density at radius 1 is 1.14 bits per heavy atom. The van der Waals surface area contributed by atoms with E-state index < -0.39 is 6.04 Å². The van der Waals surface area contributed by atoms with Crippen molar-refractivity contribution in [2.45, 2.75) is 33.4 Å². The van der Waals surface area contributed by atoms with Gasteiger partial charge in [0.05, 0.1) is 27.4 Å². The molecule has 1 atom stereocenters. The van der Waals surface area contributed by atoms with Gasteiger partial charge in [-0.25, -0.2) is 0 Å². The van der Waals surface area contributed by atoms with E-state index in [-0.39, 0.29) is 11.3 Å². The lowest BCUT2D eigenvalue weighted by atomic mass is 9.87. The second kappa shape index (κ2) is 7.35. The van der Waals surface area contributed by atoms with Crippen LogP contribution < -0.4 is 25.3 Å². The molecule has 22 heavy (non-hydrogen) atoms. The number of hydrogen-bond acceptors (Lipinski definition) is 5. The van der Waals surface area contributed by atoms with Gasteiger partial charge in [-0.1, -0.05) is 20.8 Å². The highest BCUT2D eigenvalue weighted by atomic mass is 16.5. The fraction of sp³-hybridized carbons (Fsp3) is 0.562. The summed E-state index contributed by atoms with van der Waals surface area (Å²) >= 11 is 0. The molecular weight excluding hydrogens is 284 g/mol. The smallest absolute Gasteiger partial charge is 0.237 e. The van der Waals surface area contributed by atoms with E-state index in [2.05, 4.69) is 5.32 Å². The van der Waals surface area contributed by atoms with Crippen LogP contribution in [0.5, 0.6) is 17.2 Å². The second-order valence-corrected chi connectivity index (χ2v) is 6.05. The average Bonchev–Trinajstić information content (AvgIpc) is 2.49. The van der Waals surface area contributed by atoms with Gasteiger partial charge in [-0.05, 0) is 17.5 Å². The number of rotatable bonds is 6. The molecule has 0 aliphatic rings. The molecule has 0 bridgehead atoms. The van der Waals surface area contributed by atoms with Crippen molar-refractivity contribution in [3.05, 3.63) is 17.7 Å². The van der Waals surface area contributed by atoms with Gasteiger partial charge in [-0.15, -0.1) is 0 Å². The van der Waals surface area contributed by atoms with Gasteiger partial charge < -0.3 is 25.3 Å². The Balaban J connectivity index is 2.93. The predicted molar refractivity (Wildman–Crippen MR) is 85.4 cm³/mol. The van der Waals surface area contributed by atoms with E-state index in [4.69, 9.17) is 19.9 Å². The molecule has 1 aromatic carbocycles. The van der Waals surface area contributed by atoms with Crippen LogP contribution in [0.2, 0.25) is 0 Å². The summed E-state index contributed by atoms with van der Waals surface area (Å²) in [5.74, 6) is 1.40. The first-order valence-corrected chi connectivity index (χ1v) is 7.07. The van der Waals surface area contributed by atoms with E-state index in [9.17, 15) is 4.79 Å². The Morgan fingerprint density at radius 2 is 1.73 bits per heavy atom. The van der Waals surface area contributed by atoms with E-state index in [0.717, 1.165) is 5.56 Å². The average molecular weight is 310 g/mol. The SMILES string of the molecule is COc1ccc(CNC(=O)[C@@H](N)C(C)(C)C)c(OC)c1OC. The van der Waals surface area contributed by atoms with Crippen LogP contribution in [0.3, 0.4) is 0 Å². The quantitative estimate of drug-likeness (QED) is 0.835. The molecule has 0 saturated heterocycles. The Hall–Kier alpha value is -1.95. The maximum Gasteiger partial charge on any atom is 0.237 e. The lowest BCUT2D eigenvalue weighted by Gasteiger charge is -2.26. The minimum absolute atomic E-state index is 0.204. The normalized spacial score (nSPS) is 12.5. The minimum atomic E-state index is -0.585. The number of carbonyl (C=O) groups excluding carboxylic acids is 1. The van der Waals surface area contributed by atoms with Crippen molar-refractivity contribution in [3.63, 3.8) is 0 Å². The van der Waals surface area contributed by atoms with Crippen molar-refractivity contribution in [2.75, 3.05) is 21.3 Å². The molecule has 0 saturated carbocycles. The summed E-state index contributed by atoms with van der Waals surface area (Å²) in [5, 5.41) is 2.83. The lowest BCUT2D eigenvalue weighted by molar-refractivity contribution is -0.124. The first-order valence-electron chi connectivity index (χ1n) is 7.07. The number of nitrogens with one attached hydrogen (secondary N) is 1. The zero-order chi connectivity index (χ0) is 16.9. The van der Waals surface area contributed by atoms with Gasteiger partial charge in [0.2, 0.25) is 11.7 Å². The number of carbonyl (C=O) groups is 1. The Kier molecular flexibility index (Phi) is 6.05. The first-order chi connectivity index (χ1) is 10.3. The maximum absolute atomic E-state index is 12.1. The molecule has 0 fully saturated rings. The number of ether oxygens (including phenoxy) is 3. The lowest BCUT2D eigenvalue weighted by Crippen LogP contribution is -2.48. The molecule has 0 spiro atoms. The molecule has 124 valence electrons. The van der Waals surface area contributed by atoms with Gasteiger partial charge in [0.15, 0.2) is 11.5 Å². The van der Waals surface area contributed by atoms with Gasteiger partial charge in [0, 0.05) is 12.1 Å². The molecule has 6 heteroatoms. The predicted octanol–water partition coefficient (Wildman–Crippen LogP) is 1.70. The molecule has 3 N–H and O–H groups in total. The molecule has 1 aromatic rings. The summed E-state index contributed by atoms with van der Waals surface area (Å²) < 4.78 is 15.9. The molecular formula is C16H26N2O4. The van der Waals surface area contributed by atoms with Gasteiger partial charge in [-0.3, -0.25) is 4.79 Å². The summed E-state index contributed by atoms with van der Waals surface area (Å²) in [6, 6.07) is 3.01. The maximum atomic E-state index is 12.1. The van der Waals surface area contributed by atoms with Gasteiger partial charge in [-0.2, -0.15) is 0 Å². The monoisotopic (exact) mass is 310 g/mol. The standard InChI is InChI=1S/C16H26N2O4/c1-16(2,3)14(17)15(19)18-9-10-7-8-11(20-4)13(22-6)12(10)21-5/h7-8,14H,9,17H2,1-6H3,(H,18,19)/t14-/m1/s1. The van der Waals surface area contributed by atoms with Crippen LogP contribution >= 0.6 is 0 Å². The largest absolute Gasteiger partial charge is 0.493 e. The minimum Gasteiger partial charge on any atom is -0.493 e. The number of amides is 1. The molecule has 0 aromatic heterocycles. The first kappa shape index (κ1) is 18.1. The fourth-order valence-corrected chi connectivity index (χ4v) is 1.99. The third-order valence-corrected chi connectivity index (χ3v) is 3.45. The Morgan fingerprint density at radius 3 is 2.18 bits per heavy atom. The van der Waals surface area contributed by atoms with Crippen LogP contribution in [-0.2, 0) is 11.3 Å². The van der Waals surface area contributed by atoms with Crippen molar-refractivity contribution < 1.29 is 19.0 Å². The van der Waals surface area contributed by atoms with Crippen LogP contribution in [0.25, 0.3) is 0 Å². The molecule has 0 heterocycles. The molecule has 1 rings (SSSR count). The van der Waals surface area contributed by atoms with Gasteiger partial charge in [0.1, 0.15) is 0 Å². The van der Waals surface area contributed by atoms with Crippen LogP contribution in [0, 0.1) is 5.41 Å². The molecule has 6 nitrogen and oxygen atoms in total. The van der Waals surface area contributed by atoms with E-state index >= 15 is 0 Å². The number of benzene rings is 1. The number of nitrogens with two attached hydrogens (primary N) is 1. The van der Waals surface area contributed by atoms with Crippen LogP contribution in [-0.4, -0.2) is 33.3 Å². The molecule has 0 unspecified atom stereocenters. The zero-order valence-corrected chi connectivity index (χ0v) is 14.1. The Labute approximate surface area is 131 Å².